The molecule has 0 fully saturated rings. The van der Waals surface area contributed by atoms with E-state index < -0.39 is 23.9 Å². The molecule has 1 heterocycles. The van der Waals surface area contributed by atoms with E-state index in [0.717, 1.165) is 43.4 Å². The smallest absolute Gasteiger partial charge is 0.390 e. The van der Waals surface area contributed by atoms with Gasteiger partial charge in [0.1, 0.15) is 0 Å². The number of nitrogens with one attached hydrogen (secondary N) is 2. The Morgan fingerprint density at radius 1 is 0.953 bits per heavy atom. The van der Waals surface area contributed by atoms with E-state index in [4.69, 9.17) is 0 Å². The average molecular weight is 596 g/mol. The lowest BCUT2D eigenvalue weighted by Gasteiger charge is -2.27. The largest absolute Gasteiger partial charge is 0.416 e. The van der Waals surface area contributed by atoms with Gasteiger partial charge in [0, 0.05) is 36.8 Å². The van der Waals surface area contributed by atoms with E-state index in [0.29, 0.717) is 35.2 Å². The maximum atomic E-state index is 13.7. The number of rotatable bonds is 14. The highest BCUT2D eigenvalue weighted by Crippen LogP contribution is 2.31. The van der Waals surface area contributed by atoms with Gasteiger partial charge in [-0.15, -0.1) is 0 Å². The molecule has 43 heavy (non-hydrogen) atoms. The Kier molecular flexibility index (Phi) is 11.0. The van der Waals surface area contributed by atoms with Gasteiger partial charge in [0.2, 0.25) is 0 Å². The number of hydrogen-bond acceptors (Lipinski definition) is 4. The van der Waals surface area contributed by atoms with Crippen LogP contribution in [0.15, 0.2) is 72.8 Å². The predicted octanol–water partition coefficient (Wildman–Crippen LogP) is 6.12. The zero-order valence-electron chi connectivity index (χ0n) is 24.7. The van der Waals surface area contributed by atoms with Gasteiger partial charge in [0.15, 0.2) is 0 Å². The molecule has 0 spiro atoms. The second kappa shape index (κ2) is 14.7. The molecule has 6 nitrogen and oxygen atoms in total. The maximum Gasteiger partial charge on any atom is 0.416 e. The van der Waals surface area contributed by atoms with E-state index in [1.807, 2.05) is 35.2 Å². The molecule has 1 aliphatic heterocycles. The third-order valence-corrected chi connectivity index (χ3v) is 7.94. The van der Waals surface area contributed by atoms with Crippen molar-refractivity contribution in [1.29, 1.82) is 0 Å². The van der Waals surface area contributed by atoms with Gasteiger partial charge in [-0.2, -0.15) is 13.2 Å². The Morgan fingerprint density at radius 3 is 2.30 bits per heavy atom. The van der Waals surface area contributed by atoms with Gasteiger partial charge in [0.05, 0.1) is 17.7 Å². The van der Waals surface area contributed by atoms with Crippen molar-refractivity contribution in [3.05, 3.63) is 106 Å². The first-order valence-electron chi connectivity index (χ1n) is 14.9. The minimum atomic E-state index is -4.44. The molecule has 0 aromatic heterocycles. The summed E-state index contributed by atoms with van der Waals surface area (Å²) in [5.74, 6) is -0.442. The topological polar surface area (TPSA) is 81.7 Å². The highest BCUT2D eigenvalue weighted by molar-refractivity contribution is 6.04. The second-order valence-corrected chi connectivity index (χ2v) is 11.2. The van der Waals surface area contributed by atoms with Gasteiger partial charge in [0.25, 0.3) is 11.8 Å². The molecule has 2 atom stereocenters. The normalized spacial score (nSPS) is 14.6. The van der Waals surface area contributed by atoms with Crippen LogP contribution in [0.5, 0.6) is 0 Å². The number of amides is 2. The number of benzene rings is 3. The van der Waals surface area contributed by atoms with Crippen LogP contribution in [-0.4, -0.2) is 46.6 Å². The molecule has 3 aromatic carbocycles. The van der Waals surface area contributed by atoms with Crippen LogP contribution in [0.3, 0.4) is 0 Å². The summed E-state index contributed by atoms with van der Waals surface area (Å²) >= 11 is 0. The Morgan fingerprint density at radius 2 is 1.63 bits per heavy atom. The third-order valence-electron chi connectivity index (χ3n) is 7.94. The first-order valence-corrected chi connectivity index (χ1v) is 14.9. The van der Waals surface area contributed by atoms with Crippen LogP contribution < -0.4 is 10.6 Å². The van der Waals surface area contributed by atoms with Crippen LogP contribution in [0, 0.1) is 0 Å². The van der Waals surface area contributed by atoms with Crippen molar-refractivity contribution >= 4 is 11.8 Å². The monoisotopic (exact) mass is 595 g/mol. The van der Waals surface area contributed by atoms with Crippen LogP contribution in [0.2, 0.25) is 0 Å². The number of carbonyl (C=O) groups is 2. The number of nitrogens with zero attached hydrogens (tertiary/aromatic N) is 1. The molecule has 230 valence electrons. The third kappa shape index (κ3) is 8.24. The summed E-state index contributed by atoms with van der Waals surface area (Å²) in [7, 11) is 0. The zero-order valence-corrected chi connectivity index (χ0v) is 24.7. The summed E-state index contributed by atoms with van der Waals surface area (Å²) in [6.07, 6.45) is -1.43. The molecule has 9 heteroatoms. The predicted molar refractivity (Wildman–Crippen MR) is 160 cm³/mol. The number of alkyl halides is 3. The highest BCUT2D eigenvalue weighted by atomic mass is 19.4. The lowest BCUT2D eigenvalue weighted by Crippen LogP contribution is -2.48. The molecule has 4 rings (SSSR count). The molecule has 0 aliphatic carbocycles. The Balaban J connectivity index is 1.49. The average Bonchev–Trinajstić information content (AvgIpc) is 3.33. The van der Waals surface area contributed by atoms with Crippen molar-refractivity contribution in [3.8, 4) is 0 Å². The number of hydrogen-bond donors (Lipinski definition) is 3. The summed E-state index contributed by atoms with van der Waals surface area (Å²) < 4.78 is 39.3. The van der Waals surface area contributed by atoms with Crippen molar-refractivity contribution < 1.29 is 27.9 Å². The van der Waals surface area contributed by atoms with Gasteiger partial charge >= 0.3 is 6.18 Å². The van der Waals surface area contributed by atoms with Crippen LogP contribution in [0.1, 0.15) is 82.5 Å². The molecule has 3 aromatic rings. The van der Waals surface area contributed by atoms with Crippen molar-refractivity contribution in [2.45, 2.75) is 83.4 Å². The molecule has 0 unspecified atom stereocenters. The number of fused-ring (bicyclic) bond motifs is 1. The maximum absolute atomic E-state index is 13.7. The standard InChI is InChI=1S/C34H40F3N3O3/c1-3-10-26(11-4-2)40-22-29-27(16-9-17-28(29)33(40)43)32(42)39-30(19-23-12-6-5-7-13-23)31(41)21-38-20-24-14-8-15-25(18-24)34(35,36)37/h5-9,12-18,26,30-31,38,41H,3-4,10-11,19-22H2,1-2H3,(H,39,42)/t30-,31+/m0/s1. The van der Waals surface area contributed by atoms with Gasteiger partial charge in [-0.05, 0) is 54.2 Å². The summed E-state index contributed by atoms with van der Waals surface area (Å²) in [5, 5.41) is 17.2. The molecule has 0 saturated carbocycles. The first kappa shape index (κ1) is 32.2. The summed E-state index contributed by atoms with van der Waals surface area (Å²) in [5.41, 5.74) is 2.24. The fraction of sp³-hybridized carbons (Fsp3) is 0.412. The molecule has 1 aliphatic rings. The van der Waals surface area contributed by atoms with Crippen LogP contribution >= 0.6 is 0 Å². The van der Waals surface area contributed by atoms with Gasteiger partial charge < -0.3 is 20.6 Å². The van der Waals surface area contributed by atoms with Crippen LogP contribution in [0.25, 0.3) is 0 Å². The highest BCUT2D eigenvalue weighted by Gasteiger charge is 2.35. The van der Waals surface area contributed by atoms with Gasteiger partial charge in [-0.1, -0.05) is 81.3 Å². The number of carbonyl (C=O) groups excluding carboxylic acids is 2. The molecule has 0 radical (unpaired) electrons. The minimum absolute atomic E-state index is 0.0445. The SMILES string of the molecule is CCCC(CCC)N1Cc2c(C(=O)N[C@@H](Cc3ccccc3)[C@H](O)CNCc3cccc(C(F)(F)F)c3)cccc2C1=O. The molecule has 2 amide bonds. The van der Waals surface area contributed by atoms with Gasteiger partial charge in [-0.25, -0.2) is 0 Å². The second-order valence-electron chi connectivity index (χ2n) is 11.2. The Labute approximate surface area is 251 Å². The van der Waals surface area contributed by atoms with Crippen LogP contribution in [-0.2, 0) is 25.7 Å². The molecular weight excluding hydrogens is 555 g/mol. The fourth-order valence-electron chi connectivity index (χ4n) is 5.75. The van der Waals surface area contributed by atoms with E-state index in [1.54, 1.807) is 24.3 Å². The Bertz CT molecular complexity index is 1370. The number of aliphatic hydroxyl groups excluding tert-OH is 1. The number of aliphatic hydroxyl groups is 1. The van der Waals surface area contributed by atoms with E-state index in [1.165, 1.54) is 6.07 Å². The summed E-state index contributed by atoms with van der Waals surface area (Å²) in [4.78, 5) is 28.9. The quantitative estimate of drug-likeness (QED) is 0.210. The number of halogens is 3. The first-order chi connectivity index (χ1) is 20.6. The molecular formula is C34H40F3N3O3. The van der Waals surface area contributed by atoms with Gasteiger partial charge in [-0.3, -0.25) is 9.59 Å². The Hall–Kier alpha value is -3.69. The summed E-state index contributed by atoms with van der Waals surface area (Å²) in [6.45, 7) is 4.73. The lowest BCUT2D eigenvalue weighted by atomic mass is 9.98. The zero-order chi connectivity index (χ0) is 31.0. The molecule has 3 N–H and O–H groups in total. The van der Waals surface area contributed by atoms with Crippen molar-refractivity contribution in [2.75, 3.05) is 6.54 Å². The van der Waals surface area contributed by atoms with E-state index in [9.17, 15) is 27.9 Å². The molecule has 0 saturated heterocycles. The van der Waals surface area contributed by atoms with E-state index in [-0.39, 0.29) is 30.9 Å². The molecule has 0 bridgehead atoms. The van der Waals surface area contributed by atoms with Crippen molar-refractivity contribution in [3.63, 3.8) is 0 Å². The lowest BCUT2D eigenvalue weighted by molar-refractivity contribution is -0.137. The fourth-order valence-corrected chi connectivity index (χ4v) is 5.75. The van der Waals surface area contributed by atoms with E-state index >= 15 is 0 Å². The van der Waals surface area contributed by atoms with Crippen molar-refractivity contribution in [2.24, 2.45) is 0 Å². The van der Waals surface area contributed by atoms with E-state index in [2.05, 4.69) is 24.5 Å². The van der Waals surface area contributed by atoms with Crippen LogP contribution in [0.4, 0.5) is 13.2 Å². The summed E-state index contributed by atoms with van der Waals surface area (Å²) in [6, 6.07) is 19.1. The van der Waals surface area contributed by atoms with Crippen molar-refractivity contribution in [1.82, 2.24) is 15.5 Å². The minimum Gasteiger partial charge on any atom is -0.390 e.